The molecule has 0 amide bonds. The Labute approximate surface area is 190 Å². The Morgan fingerprint density at radius 3 is 2.75 bits per heavy atom. The minimum Gasteiger partial charge on any atom is -0.462 e. The molecule has 0 unspecified atom stereocenters. The fraction of sp³-hybridized carbons (Fsp3) is 0.364. The van der Waals surface area contributed by atoms with Gasteiger partial charge in [0.1, 0.15) is 22.3 Å². The van der Waals surface area contributed by atoms with Gasteiger partial charge in [0.25, 0.3) is 0 Å². The number of carbonyl (C=O) groups excluding carboxylic acids is 1. The molecule has 0 spiro atoms. The zero-order valence-electron chi connectivity index (χ0n) is 17.9. The molecule has 0 radical (unpaired) electrons. The second-order valence-corrected chi connectivity index (χ2v) is 8.47. The molecule has 0 aliphatic carbocycles. The average molecular weight is 454 g/mol. The summed E-state index contributed by atoms with van der Waals surface area (Å²) in [5.41, 5.74) is 8.42. The van der Waals surface area contributed by atoms with Gasteiger partial charge in [-0.05, 0) is 55.8 Å². The number of esters is 1. The lowest BCUT2D eigenvalue weighted by Crippen LogP contribution is -2.31. The van der Waals surface area contributed by atoms with E-state index in [2.05, 4.69) is 30.9 Å². The molecule has 32 heavy (non-hydrogen) atoms. The molecule has 1 fully saturated rings. The molecule has 0 saturated carbocycles. The summed E-state index contributed by atoms with van der Waals surface area (Å²) in [4.78, 5) is 25.5. The molecule has 5 N–H and O–H groups in total. The Morgan fingerprint density at radius 2 is 2.00 bits per heavy atom. The van der Waals surface area contributed by atoms with E-state index in [9.17, 15) is 4.79 Å². The molecular formula is C22H27N7O2S. The molecule has 0 atom stereocenters. The lowest BCUT2D eigenvalue weighted by molar-refractivity contribution is 0.0532. The van der Waals surface area contributed by atoms with Crippen molar-refractivity contribution >= 4 is 40.4 Å². The van der Waals surface area contributed by atoms with Gasteiger partial charge in [-0.25, -0.2) is 19.7 Å². The van der Waals surface area contributed by atoms with Crippen molar-refractivity contribution in [2.45, 2.75) is 19.8 Å². The van der Waals surface area contributed by atoms with Crippen LogP contribution in [-0.4, -0.2) is 47.2 Å². The van der Waals surface area contributed by atoms with Gasteiger partial charge in [0.05, 0.1) is 19.0 Å². The van der Waals surface area contributed by atoms with Crippen molar-refractivity contribution in [2.24, 2.45) is 5.92 Å². The minimum absolute atomic E-state index is 0.305. The molecule has 10 heteroatoms. The first-order valence-corrected chi connectivity index (χ1v) is 11.6. The Balaban J connectivity index is 1.58. The topological polar surface area (TPSA) is 127 Å². The fourth-order valence-electron chi connectivity index (χ4n) is 3.56. The summed E-state index contributed by atoms with van der Waals surface area (Å²) >= 11 is 1.37. The van der Waals surface area contributed by atoms with Crippen LogP contribution >= 0.6 is 11.3 Å². The Hall–Kier alpha value is -3.24. The van der Waals surface area contributed by atoms with E-state index in [0.717, 1.165) is 49.3 Å². The van der Waals surface area contributed by atoms with Crippen molar-refractivity contribution in [1.29, 1.82) is 0 Å². The molecule has 4 rings (SSSR count). The van der Waals surface area contributed by atoms with Gasteiger partial charge in [-0.15, -0.1) is 11.3 Å². The smallest absolute Gasteiger partial charge is 0.348 e. The lowest BCUT2D eigenvalue weighted by Gasteiger charge is -2.24. The third kappa shape index (κ3) is 5.51. The number of aromatic nitrogens is 3. The zero-order valence-corrected chi connectivity index (χ0v) is 18.7. The van der Waals surface area contributed by atoms with Crippen LogP contribution in [0, 0.1) is 5.92 Å². The molecule has 3 aromatic rings. The molecule has 3 aromatic heterocycles. The van der Waals surface area contributed by atoms with Crippen LogP contribution in [0.4, 0.5) is 23.1 Å². The highest BCUT2D eigenvalue weighted by molar-refractivity contribution is 7.12. The average Bonchev–Trinajstić information content (AvgIpc) is 3.30. The van der Waals surface area contributed by atoms with Crippen LogP contribution in [-0.2, 0) is 4.74 Å². The second-order valence-electron chi connectivity index (χ2n) is 7.56. The summed E-state index contributed by atoms with van der Waals surface area (Å²) in [6, 6.07) is 3.81. The number of carbonyl (C=O) groups is 1. The van der Waals surface area contributed by atoms with Gasteiger partial charge in [0, 0.05) is 30.1 Å². The number of nitrogens with one attached hydrogen (secondary N) is 3. The van der Waals surface area contributed by atoms with Crippen LogP contribution < -0.4 is 21.7 Å². The molecule has 9 nitrogen and oxygen atoms in total. The highest BCUT2D eigenvalue weighted by atomic mass is 32.1. The third-order valence-electron chi connectivity index (χ3n) is 5.26. The predicted molar refractivity (Wildman–Crippen MR) is 127 cm³/mol. The van der Waals surface area contributed by atoms with E-state index in [1.54, 1.807) is 19.3 Å². The van der Waals surface area contributed by atoms with E-state index in [-0.39, 0.29) is 5.97 Å². The quantitative estimate of drug-likeness (QED) is 0.379. The molecule has 1 saturated heterocycles. The van der Waals surface area contributed by atoms with Crippen molar-refractivity contribution in [3.8, 4) is 11.1 Å². The van der Waals surface area contributed by atoms with Crippen molar-refractivity contribution in [2.75, 3.05) is 42.6 Å². The molecule has 4 heterocycles. The first-order valence-electron chi connectivity index (χ1n) is 10.7. The monoisotopic (exact) mass is 453 g/mol. The van der Waals surface area contributed by atoms with E-state index in [1.165, 1.54) is 17.5 Å². The first kappa shape index (κ1) is 22.0. The van der Waals surface area contributed by atoms with Crippen LogP contribution in [0.15, 0.2) is 36.1 Å². The standard InChI is InChI=1S/C22H27N7O2S/c1-2-31-22(30)18-7-15(13-32-18)16-10-27-20(29-21-12-26-19(23)11-28-21)8-17(16)25-9-14-3-5-24-6-4-14/h7-8,10-14,24H,2-6,9H2,1H3,(H2,23,26)(H2,25,27,28,29). The Kier molecular flexibility index (Phi) is 7.13. The second kappa shape index (κ2) is 10.4. The summed E-state index contributed by atoms with van der Waals surface area (Å²) in [5, 5.41) is 12.1. The zero-order chi connectivity index (χ0) is 22.3. The van der Waals surface area contributed by atoms with Crippen molar-refractivity contribution in [3.05, 3.63) is 41.0 Å². The van der Waals surface area contributed by atoms with Gasteiger partial charge in [0.2, 0.25) is 0 Å². The summed E-state index contributed by atoms with van der Waals surface area (Å²) in [6.45, 7) is 5.12. The number of nitrogens with two attached hydrogens (primary N) is 1. The summed E-state index contributed by atoms with van der Waals surface area (Å²) in [7, 11) is 0. The van der Waals surface area contributed by atoms with Crippen LogP contribution in [0.2, 0.25) is 0 Å². The first-order chi connectivity index (χ1) is 15.6. The fourth-order valence-corrected chi connectivity index (χ4v) is 4.36. The van der Waals surface area contributed by atoms with E-state index in [0.29, 0.717) is 34.9 Å². The summed E-state index contributed by atoms with van der Waals surface area (Å²) < 4.78 is 5.13. The maximum Gasteiger partial charge on any atom is 0.348 e. The third-order valence-corrected chi connectivity index (χ3v) is 6.17. The van der Waals surface area contributed by atoms with Crippen molar-refractivity contribution < 1.29 is 9.53 Å². The number of ether oxygens (including phenoxy) is 1. The molecule has 1 aliphatic rings. The van der Waals surface area contributed by atoms with Crippen LogP contribution in [0.1, 0.15) is 29.4 Å². The van der Waals surface area contributed by atoms with Gasteiger partial charge in [-0.2, -0.15) is 0 Å². The molecule has 1 aliphatic heterocycles. The van der Waals surface area contributed by atoms with Gasteiger partial charge in [-0.3, -0.25) is 0 Å². The van der Waals surface area contributed by atoms with E-state index in [1.807, 2.05) is 17.5 Å². The largest absolute Gasteiger partial charge is 0.462 e. The van der Waals surface area contributed by atoms with Crippen LogP contribution in [0.3, 0.4) is 0 Å². The molecule has 168 valence electrons. The SMILES string of the molecule is CCOC(=O)c1cc(-c2cnc(Nc3cnc(N)cn3)cc2NCC2CCNCC2)cs1. The number of nitrogen functional groups attached to an aromatic ring is 1. The minimum atomic E-state index is -0.305. The van der Waals surface area contributed by atoms with Crippen molar-refractivity contribution in [3.63, 3.8) is 0 Å². The molecule has 0 aromatic carbocycles. The van der Waals surface area contributed by atoms with Gasteiger partial charge < -0.3 is 26.4 Å². The summed E-state index contributed by atoms with van der Waals surface area (Å²) in [5.74, 6) is 1.86. The van der Waals surface area contributed by atoms with Crippen LogP contribution in [0.5, 0.6) is 0 Å². The van der Waals surface area contributed by atoms with Crippen LogP contribution in [0.25, 0.3) is 11.1 Å². The number of rotatable bonds is 8. The van der Waals surface area contributed by atoms with Gasteiger partial charge in [0.15, 0.2) is 0 Å². The number of hydrogen-bond donors (Lipinski definition) is 4. The highest BCUT2D eigenvalue weighted by Crippen LogP contribution is 2.33. The van der Waals surface area contributed by atoms with E-state index < -0.39 is 0 Å². The lowest BCUT2D eigenvalue weighted by atomic mass is 9.98. The number of pyridine rings is 1. The van der Waals surface area contributed by atoms with Gasteiger partial charge >= 0.3 is 5.97 Å². The Bertz CT molecular complexity index is 1050. The number of piperidine rings is 1. The summed E-state index contributed by atoms with van der Waals surface area (Å²) in [6.07, 6.45) is 7.15. The molecule has 0 bridgehead atoms. The van der Waals surface area contributed by atoms with Crippen molar-refractivity contribution in [1.82, 2.24) is 20.3 Å². The Morgan fingerprint density at radius 1 is 1.19 bits per heavy atom. The normalized spacial score (nSPS) is 14.2. The maximum absolute atomic E-state index is 12.1. The number of anilines is 4. The maximum atomic E-state index is 12.1. The highest BCUT2D eigenvalue weighted by Gasteiger charge is 2.17. The van der Waals surface area contributed by atoms with E-state index in [4.69, 9.17) is 10.5 Å². The van der Waals surface area contributed by atoms with E-state index >= 15 is 0 Å². The predicted octanol–water partition coefficient (Wildman–Crippen LogP) is 3.51. The number of thiophene rings is 1. The molecular weight excluding hydrogens is 426 g/mol. The number of nitrogens with zero attached hydrogens (tertiary/aromatic N) is 3. The van der Waals surface area contributed by atoms with Gasteiger partial charge in [-0.1, -0.05) is 0 Å². The number of hydrogen-bond acceptors (Lipinski definition) is 10.